The van der Waals surface area contributed by atoms with Crippen molar-refractivity contribution in [3.05, 3.63) is 48.0 Å². The minimum Gasteiger partial charge on any atom is -0.463 e. The molecule has 1 aromatic rings. The standard InChI is InChI=1S/C26H40O7/c1-17(2)33-23(30)13-9-4-3-8-12-19-21(28)16-22(29)24(19)26(32)25(31)20(27)15-14-18-10-6-5-7-11-18/h3,5-8,10-11,17,19-22,24-29,31-32H,4,9,12-16H2,1-2H3/b8-3-/t19-,20+,21-,22+,24+,25-,26+/m0/s1. The van der Waals surface area contributed by atoms with E-state index in [4.69, 9.17) is 4.74 Å². The Kier molecular flexibility index (Phi) is 11.5. The third-order valence-electron chi connectivity index (χ3n) is 6.32. The maximum Gasteiger partial charge on any atom is 0.306 e. The van der Waals surface area contributed by atoms with Crippen molar-refractivity contribution in [2.45, 2.75) is 95.4 Å². The molecule has 0 radical (unpaired) electrons. The van der Waals surface area contributed by atoms with Crippen molar-refractivity contribution in [2.24, 2.45) is 11.8 Å². The third kappa shape index (κ3) is 8.83. The predicted octanol–water partition coefficient (Wildman–Crippen LogP) is 2.13. The maximum absolute atomic E-state index is 11.6. The molecule has 186 valence electrons. The van der Waals surface area contributed by atoms with Crippen molar-refractivity contribution in [3.63, 3.8) is 0 Å². The van der Waals surface area contributed by atoms with Gasteiger partial charge in [0.25, 0.3) is 0 Å². The molecule has 1 aromatic carbocycles. The number of unbranched alkanes of at least 4 members (excludes halogenated alkanes) is 1. The van der Waals surface area contributed by atoms with Crippen LogP contribution in [0.15, 0.2) is 42.5 Å². The van der Waals surface area contributed by atoms with Gasteiger partial charge in [0.15, 0.2) is 0 Å². The van der Waals surface area contributed by atoms with Crippen LogP contribution in [0.3, 0.4) is 0 Å². The Morgan fingerprint density at radius 3 is 2.45 bits per heavy atom. The fraction of sp³-hybridized carbons (Fsp3) is 0.654. The molecule has 1 aliphatic rings. The van der Waals surface area contributed by atoms with Gasteiger partial charge in [-0.3, -0.25) is 4.79 Å². The summed E-state index contributed by atoms with van der Waals surface area (Å²) in [5.74, 6) is -1.41. The number of allylic oxidation sites excluding steroid dienone is 2. The average Bonchev–Trinajstić information content (AvgIpc) is 3.06. The van der Waals surface area contributed by atoms with E-state index in [-0.39, 0.29) is 24.9 Å². The molecule has 7 atom stereocenters. The number of hydrogen-bond acceptors (Lipinski definition) is 7. The summed E-state index contributed by atoms with van der Waals surface area (Å²) in [4.78, 5) is 11.6. The van der Waals surface area contributed by atoms with Crippen LogP contribution in [0.25, 0.3) is 0 Å². The zero-order chi connectivity index (χ0) is 24.4. The zero-order valence-corrected chi connectivity index (χ0v) is 19.7. The van der Waals surface area contributed by atoms with Crippen LogP contribution < -0.4 is 0 Å². The van der Waals surface area contributed by atoms with Gasteiger partial charge < -0.3 is 30.3 Å². The molecule has 0 unspecified atom stereocenters. The number of aliphatic hydroxyl groups is 5. The van der Waals surface area contributed by atoms with Crippen LogP contribution in [-0.2, 0) is 16.0 Å². The quantitative estimate of drug-likeness (QED) is 0.172. The number of rotatable bonds is 13. The predicted molar refractivity (Wildman–Crippen MR) is 125 cm³/mol. The highest BCUT2D eigenvalue weighted by atomic mass is 16.5. The van der Waals surface area contributed by atoms with Crippen LogP contribution in [0.1, 0.15) is 57.9 Å². The van der Waals surface area contributed by atoms with Crippen molar-refractivity contribution >= 4 is 5.97 Å². The Labute approximate surface area is 196 Å². The van der Waals surface area contributed by atoms with Crippen LogP contribution in [-0.4, -0.2) is 68.1 Å². The molecular formula is C26H40O7. The van der Waals surface area contributed by atoms with Gasteiger partial charge in [0, 0.05) is 12.3 Å². The summed E-state index contributed by atoms with van der Waals surface area (Å²) in [6.07, 6.45) is 0.994. The molecule has 5 N–H and O–H groups in total. The molecule has 0 heterocycles. The molecule has 1 fully saturated rings. The summed E-state index contributed by atoms with van der Waals surface area (Å²) in [5, 5.41) is 52.5. The Morgan fingerprint density at radius 2 is 1.79 bits per heavy atom. The van der Waals surface area contributed by atoms with E-state index in [0.29, 0.717) is 32.1 Å². The van der Waals surface area contributed by atoms with E-state index in [0.717, 1.165) is 5.56 Å². The first-order valence-corrected chi connectivity index (χ1v) is 12.0. The molecule has 0 aromatic heterocycles. The Bertz CT molecular complexity index is 721. The van der Waals surface area contributed by atoms with Crippen molar-refractivity contribution in [3.8, 4) is 0 Å². The van der Waals surface area contributed by atoms with Crippen LogP contribution >= 0.6 is 0 Å². The lowest BCUT2D eigenvalue weighted by molar-refractivity contribution is -0.147. The highest BCUT2D eigenvalue weighted by molar-refractivity contribution is 5.69. The van der Waals surface area contributed by atoms with E-state index >= 15 is 0 Å². The van der Waals surface area contributed by atoms with Gasteiger partial charge in [-0.05, 0) is 63.9 Å². The number of carbonyl (C=O) groups excluding carboxylic acids is 1. The molecule has 0 saturated heterocycles. The van der Waals surface area contributed by atoms with Crippen molar-refractivity contribution in [2.75, 3.05) is 0 Å². The topological polar surface area (TPSA) is 127 Å². The van der Waals surface area contributed by atoms with E-state index in [2.05, 4.69) is 0 Å². The molecule has 2 rings (SSSR count). The number of aliphatic hydroxyl groups excluding tert-OH is 5. The van der Waals surface area contributed by atoms with Gasteiger partial charge in [0.1, 0.15) is 6.10 Å². The smallest absolute Gasteiger partial charge is 0.306 e. The monoisotopic (exact) mass is 464 g/mol. The summed E-state index contributed by atoms with van der Waals surface area (Å²) in [6.45, 7) is 3.62. The normalized spacial score (nSPS) is 25.9. The summed E-state index contributed by atoms with van der Waals surface area (Å²) >= 11 is 0. The average molecular weight is 465 g/mol. The lowest BCUT2D eigenvalue weighted by atomic mass is 9.82. The van der Waals surface area contributed by atoms with E-state index in [1.807, 2.05) is 56.3 Å². The van der Waals surface area contributed by atoms with Gasteiger partial charge in [-0.25, -0.2) is 0 Å². The Morgan fingerprint density at radius 1 is 1.09 bits per heavy atom. The molecule has 0 aliphatic heterocycles. The van der Waals surface area contributed by atoms with Crippen LogP contribution in [0.4, 0.5) is 0 Å². The van der Waals surface area contributed by atoms with E-state index in [9.17, 15) is 30.3 Å². The van der Waals surface area contributed by atoms with Crippen LogP contribution in [0.2, 0.25) is 0 Å². The van der Waals surface area contributed by atoms with Gasteiger partial charge >= 0.3 is 5.97 Å². The van der Waals surface area contributed by atoms with Crippen molar-refractivity contribution < 1.29 is 35.1 Å². The second-order valence-electron chi connectivity index (χ2n) is 9.32. The molecule has 7 nitrogen and oxygen atoms in total. The minimum absolute atomic E-state index is 0.119. The molecule has 33 heavy (non-hydrogen) atoms. The molecule has 1 saturated carbocycles. The first kappa shape index (κ1) is 27.5. The van der Waals surface area contributed by atoms with Gasteiger partial charge in [0.05, 0.1) is 30.5 Å². The number of esters is 1. The van der Waals surface area contributed by atoms with E-state index in [1.165, 1.54) is 0 Å². The second kappa shape index (κ2) is 13.8. The van der Waals surface area contributed by atoms with Gasteiger partial charge in [-0.1, -0.05) is 42.5 Å². The van der Waals surface area contributed by atoms with E-state index in [1.54, 1.807) is 0 Å². The largest absolute Gasteiger partial charge is 0.463 e. The first-order chi connectivity index (χ1) is 15.7. The summed E-state index contributed by atoms with van der Waals surface area (Å²) in [7, 11) is 0. The highest BCUT2D eigenvalue weighted by Gasteiger charge is 2.47. The van der Waals surface area contributed by atoms with Crippen molar-refractivity contribution in [1.29, 1.82) is 0 Å². The van der Waals surface area contributed by atoms with Crippen molar-refractivity contribution in [1.82, 2.24) is 0 Å². The summed E-state index contributed by atoms with van der Waals surface area (Å²) in [5.41, 5.74) is 1.02. The van der Waals surface area contributed by atoms with Crippen LogP contribution in [0, 0.1) is 11.8 Å². The van der Waals surface area contributed by atoms with Gasteiger partial charge in [0.2, 0.25) is 0 Å². The van der Waals surface area contributed by atoms with Gasteiger partial charge in [-0.15, -0.1) is 0 Å². The highest BCUT2D eigenvalue weighted by Crippen LogP contribution is 2.39. The molecule has 1 aliphatic carbocycles. The summed E-state index contributed by atoms with van der Waals surface area (Å²) < 4.78 is 5.09. The fourth-order valence-corrected chi connectivity index (χ4v) is 4.56. The number of carbonyl (C=O) groups is 1. The number of hydrogen-bond donors (Lipinski definition) is 5. The molecule has 7 heteroatoms. The molecular weight excluding hydrogens is 424 g/mol. The molecule has 0 spiro atoms. The SMILES string of the molecule is CC(C)OC(=O)CCC/C=C\C[C@@H]1[C@@H]([C@@H](O)[C@@H](O)[C@H](O)CCc2ccccc2)[C@H](O)C[C@@H]1O. The third-order valence-corrected chi connectivity index (χ3v) is 6.32. The number of aryl methyl sites for hydroxylation is 1. The second-order valence-corrected chi connectivity index (χ2v) is 9.32. The van der Waals surface area contributed by atoms with Crippen LogP contribution in [0.5, 0.6) is 0 Å². The van der Waals surface area contributed by atoms with E-state index < -0.39 is 42.4 Å². The summed E-state index contributed by atoms with van der Waals surface area (Å²) in [6, 6.07) is 9.57. The fourth-order valence-electron chi connectivity index (χ4n) is 4.56. The lowest BCUT2D eigenvalue weighted by Crippen LogP contribution is -2.46. The molecule has 0 bridgehead atoms. The Hall–Kier alpha value is -1.77. The first-order valence-electron chi connectivity index (χ1n) is 12.0. The maximum atomic E-state index is 11.6. The minimum atomic E-state index is -1.42. The Balaban J connectivity index is 1.84. The zero-order valence-electron chi connectivity index (χ0n) is 19.7. The van der Waals surface area contributed by atoms with Gasteiger partial charge in [-0.2, -0.15) is 0 Å². The number of benzene rings is 1. The lowest BCUT2D eigenvalue weighted by Gasteiger charge is -2.32. The number of ether oxygens (including phenoxy) is 1. The molecule has 0 amide bonds.